The second-order valence-electron chi connectivity index (χ2n) is 3.59. The van der Waals surface area contributed by atoms with Crippen LogP contribution in [0.1, 0.15) is 5.56 Å². The second kappa shape index (κ2) is 5.18. The van der Waals surface area contributed by atoms with E-state index in [0.29, 0.717) is 26.6 Å². The molecular weight excluding hydrogens is 279 g/mol. The highest BCUT2D eigenvalue weighted by molar-refractivity contribution is 6.42. The van der Waals surface area contributed by atoms with Gasteiger partial charge in [0, 0.05) is 11.1 Å². The SMILES string of the molecule is Cc1ccc(Oc2ccc(Cl)c(Cl)c2)cc1Cl. The first kappa shape index (κ1) is 12.6. The third kappa shape index (κ3) is 3.06. The number of hydrogen-bond donors (Lipinski definition) is 0. The summed E-state index contributed by atoms with van der Waals surface area (Å²) in [5, 5.41) is 1.63. The smallest absolute Gasteiger partial charge is 0.129 e. The van der Waals surface area contributed by atoms with Gasteiger partial charge in [0.2, 0.25) is 0 Å². The first-order valence-corrected chi connectivity index (χ1v) is 6.09. The molecule has 4 heteroatoms. The molecule has 0 aliphatic carbocycles. The second-order valence-corrected chi connectivity index (χ2v) is 4.81. The molecule has 0 aliphatic heterocycles. The predicted molar refractivity (Wildman–Crippen MR) is 72.7 cm³/mol. The van der Waals surface area contributed by atoms with Crippen LogP contribution in [0.15, 0.2) is 36.4 Å². The van der Waals surface area contributed by atoms with Gasteiger partial charge in [0.05, 0.1) is 10.0 Å². The van der Waals surface area contributed by atoms with E-state index in [1.54, 1.807) is 24.3 Å². The van der Waals surface area contributed by atoms with Gasteiger partial charge in [-0.15, -0.1) is 0 Å². The lowest BCUT2D eigenvalue weighted by molar-refractivity contribution is 0.482. The number of hydrogen-bond acceptors (Lipinski definition) is 1. The summed E-state index contributed by atoms with van der Waals surface area (Å²) in [6.07, 6.45) is 0. The van der Waals surface area contributed by atoms with E-state index < -0.39 is 0 Å². The Morgan fingerprint density at radius 2 is 1.35 bits per heavy atom. The maximum atomic E-state index is 6.01. The molecule has 0 saturated heterocycles. The molecule has 2 aromatic carbocycles. The van der Waals surface area contributed by atoms with Crippen LogP contribution in [0, 0.1) is 6.92 Å². The van der Waals surface area contributed by atoms with Crippen LogP contribution in [0.3, 0.4) is 0 Å². The van der Waals surface area contributed by atoms with Crippen molar-refractivity contribution >= 4 is 34.8 Å². The summed E-state index contributed by atoms with van der Waals surface area (Å²) in [6, 6.07) is 10.6. The van der Waals surface area contributed by atoms with Crippen molar-refractivity contribution in [3.63, 3.8) is 0 Å². The van der Waals surface area contributed by atoms with E-state index in [4.69, 9.17) is 39.5 Å². The quantitative estimate of drug-likeness (QED) is 0.683. The number of ether oxygens (including phenoxy) is 1. The highest BCUT2D eigenvalue weighted by Gasteiger charge is 2.03. The molecule has 0 bridgehead atoms. The lowest BCUT2D eigenvalue weighted by atomic mass is 10.2. The molecule has 0 spiro atoms. The summed E-state index contributed by atoms with van der Waals surface area (Å²) >= 11 is 17.7. The van der Waals surface area contributed by atoms with Crippen LogP contribution in [-0.2, 0) is 0 Å². The zero-order valence-corrected chi connectivity index (χ0v) is 11.3. The van der Waals surface area contributed by atoms with Crippen molar-refractivity contribution < 1.29 is 4.74 Å². The average Bonchev–Trinajstić information content (AvgIpc) is 2.29. The average molecular weight is 288 g/mol. The van der Waals surface area contributed by atoms with Gasteiger partial charge in [0.25, 0.3) is 0 Å². The topological polar surface area (TPSA) is 9.23 Å². The van der Waals surface area contributed by atoms with E-state index in [-0.39, 0.29) is 0 Å². The van der Waals surface area contributed by atoms with Crippen LogP contribution < -0.4 is 4.74 Å². The highest BCUT2D eigenvalue weighted by Crippen LogP contribution is 2.30. The molecule has 0 heterocycles. The summed E-state index contributed by atoms with van der Waals surface area (Å²) in [5.41, 5.74) is 1.01. The van der Waals surface area contributed by atoms with Crippen LogP contribution in [0.5, 0.6) is 11.5 Å². The summed E-state index contributed by atoms with van der Waals surface area (Å²) in [4.78, 5) is 0. The maximum Gasteiger partial charge on any atom is 0.129 e. The van der Waals surface area contributed by atoms with E-state index in [9.17, 15) is 0 Å². The van der Waals surface area contributed by atoms with E-state index in [2.05, 4.69) is 0 Å². The minimum atomic E-state index is 0.461. The predicted octanol–water partition coefficient (Wildman–Crippen LogP) is 5.75. The monoisotopic (exact) mass is 286 g/mol. The number of rotatable bonds is 2. The van der Waals surface area contributed by atoms with Crippen molar-refractivity contribution in [3.05, 3.63) is 57.0 Å². The molecule has 17 heavy (non-hydrogen) atoms. The van der Waals surface area contributed by atoms with E-state index in [1.165, 1.54) is 0 Å². The summed E-state index contributed by atoms with van der Waals surface area (Å²) in [7, 11) is 0. The fraction of sp³-hybridized carbons (Fsp3) is 0.0769. The molecule has 1 nitrogen and oxygen atoms in total. The molecule has 0 aliphatic rings. The van der Waals surface area contributed by atoms with Gasteiger partial charge < -0.3 is 4.74 Å². The van der Waals surface area contributed by atoms with Gasteiger partial charge >= 0.3 is 0 Å². The Morgan fingerprint density at radius 1 is 0.765 bits per heavy atom. The Bertz CT molecular complexity index is 503. The third-order valence-electron chi connectivity index (χ3n) is 2.27. The van der Waals surface area contributed by atoms with Gasteiger partial charge in [-0.3, -0.25) is 0 Å². The summed E-state index contributed by atoms with van der Waals surface area (Å²) < 4.78 is 5.62. The highest BCUT2D eigenvalue weighted by atomic mass is 35.5. The molecular formula is C13H9Cl3O. The van der Waals surface area contributed by atoms with Crippen LogP contribution >= 0.6 is 34.8 Å². The van der Waals surface area contributed by atoms with Gasteiger partial charge in [0.15, 0.2) is 0 Å². The van der Waals surface area contributed by atoms with Crippen molar-refractivity contribution in [2.75, 3.05) is 0 Å². The van der Waals surface area contributed by atoms with Gasteiger partial charge in [-0.05, 0) is 36.8 Å². The van der Waals surface area contributed by atoms with Gasteiger partial charge in [-0.1, -0.05) is 40.9 Å². The molecule has 88 valence electrons. The number of aryl methyl sites for hydroxylation is 1. The van der Waals surface area contributed by atoms with Crippen molar-refractivity contribution in [2.24, 2.45) is 0 Å². The number of benzene rings is 2. The fourth-order valence-corrected chi connectivity index (χ4v) is 1.77. The van der Waals surface area contributed by atoms with Crippen molar-refractivity contribution in [3.8, 4) is 11.5 Å². The molecule has 0 atom stereocenters. The molecule has 0 aromatic heterocycles. The summed E-state index contributed by atoms with van der Waals surface area (Å²) in [5.74, 6) is 1.29. The zero-order chi connectivity index (χ0) is 12.4. The summed E-state index contributed by atoms with van der Waals surface area (Å²) in [6.45, 7) is 1.94. The molecule has 0 saturated carbocycles. The molecule has 0 radical (unpaired) electrons. The molecule has 0 N–H and O–H groups in total. The lowest BCUT2D eigenvalue weighted by Crippen LogP contribution is -1.85. The first-order chi connectivity index (χ1) is 8.06. The molecule has 2 aromatic rings. The zero-order valence-electron chi connectivity index (χ0n) is 9.01. The Kier molecular flexibility index (Phi) is 3.82. The van der Waals surface area contributed by atoms with Crippen LogP contribution in [0.25, 0.3) is 0 Å². The minimum absolute atomic E-state index is 0.461. The van der Waals surface area contributed by atoms with Crippen LogP contribution in [0.4, 0.5) is 0 Å². The molecule has 0 unspecified atom stereocenters. The Morgan fingerprint density at radius 3 is 1.94 bits per heavy atom. The molecule has 0 amide bonds. The van der Waals surface area contributed by atoms with Crippen LogP contribution in [-0.4, -0.2) is 0 Å². The molecule has 2 rings (SSSR count). The minimum Gasteiger partial charge on any atom is -0.457 e. The van der Waals surface area contributed by atoms with Gasteiger partial charge in [-0.25, -0.2) is 0 Å². The van der Waals surface area contributed by atoms with Crippen molar-refractivity contribution in [2.45, 2.75) is 6.92 Å². The van der Waals surface area contributed by atoms with Crippen molar-refractivity contribution in [1.29, 1.82) is 0 Å². The standard InChI is InChI=1S/C13H9Cl3O/c1-8-2-3-9(6-12(8)15)17-10-4-5-11(14)13(16)7-10/h2-7H,1H3. The first-order valence-electron chi connectivity index (χ1n) is 4.95. The Labute approximate surface area is 115 Å². The van der Waals surface area contributed by atoms with E-state index in [0.717, 1.165) is 5.56 Å². The van der Waals surface area contributed by atoms with E-state index >= 15 is 0 Å². The molecule has 0 fully saturated rings. The third-order valence-corrected chi connectivity index (χ3v) is 3.42. The largest absolute Gasteiger partial charge is 0.457 e. The van der Waals surface area contributed by atoms with E-state index in [1.807, 2.05) is 19.1 Å². The van der Waals surface area contributed by atoms with Crippen molar-refractivity contribution in [1.82, 2.24) is 0 Å². The number of halogens is 3. The van der Waals surface area contributed by atoms with Gasteiger partial charge in [-0.2, -0.15) is 0 Å². The van der Waals surface area contributed by atoms with Crippen LogP contribution in [0.2, 0.25) is 15.1 Å². The lowest BCUT2D eigenvalue weighted by Gasteiger charge is -2.07. The Balaban J connectivity index is 2.25. The normalized spacial score (nSPS) is 10.4. The Hall–Kier alpha value is -0.890. The fourth-order valence-electron chi connectivity index (χ4n) is 1.31. The van der Waals surface area contributed by atoms with Gasteiger partial charge in [0.1, 0.15) is 11.5 Å². The maximum absolute atomic E-state index is 6.01.